The Hall–Kier alpha value is -2.12. The van der Waals surface area contributed by atoms with E-state index in [0.717, 1.165) is 5.01 Å². The second-order valence-corrected chi connectivity index (χ2v) is 7.66. The van der Waals surface area contributed by atoms with Gasteiger partial charge < -0.3 is 15.0 Å². The summed E-state index contributed by atoms with van der Waals surface area (Å²) in [7, 11) is 0. The standard InChI is InChI=1S/C19H24ClN3O3S/c1-4-23(10-17(24)21-13(2)3)19(25)9-15-12-27-18(22-15)11-26-16-7-5-14(20)6-8-16/h5-8,12-13H,4,9-11H2,1-3H3,(H,21,24). The van der Waals surface area contributed by atoms with Gasteiger partial charge in [0.1, 0.15) is 17.4 Å². The molecular formula is C19H24ClN3O3S. The van der Waals surface area contributed by atoms with Gasteiger partial charge in [-0.25, -0.2) is 4.98 Å². The molecule has 1 N–H and O–H groups in total. The lowest BCUT2D eigenvalue weighted by molar-refractivity contribution is -0.135. The Bertz CT molecular complexity index is 762. The number of thiazole rings is 1. The molecule has 2 amide bonds. The van der Waals surface area contributed by atoms with Gasteiger partial charge in [0.05, 0.1) is 18.7 Å². The molecule has 0 saturated heterocycles. The molecule has 0 atom stereocenters. The summed E-state index contributed by atoms with van der Waals surface area (Å²) < 4.78 is 5.66. The fraction of sp³-hybridized carbons (Fsp3) is 0.421. The number of likely N-dealkylation sites (N-methyl/N-ethyl adjacent to an activating group) is 1. The highest BCUT2D eigenvalue weighted by Gasteiger charge is 2.17. The van der Waals surface area contributed by atoms with Gasteiger partial charge in [0.15, 0.2) is 0 Å². The molecule has 0 unspecified atom stereocenters. The molecule has 2 aromatic rings. The maximum Gasteiger partial charge on any atom is 0.239 e. The van der Waals surface area contributed by atoms with Crippen molar-refractivity contribution in [3.63, 3.8) is 0 Å². The normalized spacial score (nSPS) is 10.7. The molecule has 0 fully saturated rings. The minimum absolute atomic E-state index is 0.0491. The number of hydrogen-bond acceptors (Lipinski definition) is 5. The quantitative estimate of drug-likeness (QED) is 0.689. The van der Waals surface area contributed by atoms with Gasteiger partial charge in [0, 0.05) is 23.0 Å². The van der Waals surface area contributed by atoms with E-state index < -0.39 is 0 Å². The van der Waals surface area contributed by atoms with Crippen LogP contribution in [-0.4, -0.2) is 40.8 Å². The van der Waals surface area contributed by atoms with Crippen LogP contribution in [0.15, 0.2) is 29.6 Å². The summed E-state index contributed by atoms with van der Waals surface area (Å²) in [6.45, 7) is 6.49. The number of nitrogens with one attached hydrogen (secondary N) is 1. The molecule has 1 aromatic carbocycles. The Labute approximate surface area is 168 Å². The number of rotatable bonds is 9. The minimum atomic E-state index is -0.157. The first-order valence-electron chi connectivity index (χ1n) is 8.76. The van der Waals surface area contributed by atoms with Gasteiger partial charge in [-0.1, -0.05) is 11.6 Å². The van der Waals surface area contributed by atoms with E-state index in [9.17, 15) is 9.59 Å². The molecule has 0 aliphatic rings. The van der Waals surface area contributed by atoms with E-state index in [4.69, 9.17) is 16.3 Å². The van der Waals surface area contributed by atoms with E-state index in [1.807, 2.05) is 26.2 Å². The highest BCUT2D eigenvalue weighted by molar-refractivity contribution is 7.09. The fourth-order valence-electron chi connectivity index (χ4n) is 2.36. The summed E-state index contributed by atoms with van der Waals surface area (Å²) in [5.74, 6) is 0.433. The molecule has 6 nitrogen and oxygen atoms in total. The highest BCUT2D eigenvalue weighted by atomic mass is 35.5. The Kier molecular flexibility index (Phi) is 8.06. The zero-order valence-electron chi connectivity index (χ0n) is 15.7. The lowest BCUT2D eigenvalue weighted by atomic mass is 10.3. The number of aromatic nitrogens is 1. The SMILES string of the molecule is CCN(CC(=O)NC(C)C)C(=O)Cc1csc(COc2ccc(Cl)cc2)n1. The van der Waals surface area contributed by atoms with Crippen LogP contribution in [0.4, 0.5) is 0 Å². The van der Waals surface area contributed by atoms with E-state index in [-0.39, 0.29) is 30.8 Å². The number of benzene rings is 1. The van der Waals surface area contributed by atoms with Crippen molar-refractivity contribution in [2.24, 2.45) is 0 Å². The number of ether oxygens (including phenoxy) is 1. The maximum atomic E-state index is 12.5. The van der Waals surface area contributed by atoms with E-state index in [2.05, 4.69) is 10.3 Å². The first-order valence-corrected chi connectivity index (χ1v) is 10.0. The summed E-state index contributed by atoms with van der Waals surface area (Å²) in [6.07, 6.45) is 0.167. The van der Waals surface area contributed by atoms with Crippen molar-refractivity contribution in [3.05, 3.63) is 45.4 Å². The monoisotopic (exact) mass is 409 g/mol. The average molecular weight is 410 g/mol. The van der Waals surface area contributed by atoms with Crippen molar-refractivity contribution in [1.82, 2.24) is 15.2 Å². The largest absolute Gasteiger partial charge is 0.486 e. The lowest BCUT2D eigenvalue weighted by Gasteiger charge is -2.20. The molecule has 0 saturated carbocycles. The second kappa shape index (κ2) is 10.3. The van der Waals surface area contributed by atoms with E-state index >= 15 is 0 Å². The predicted octanol–water partition coefficient (Wildman–Crippen LogP) is 3.29. The molecule has 146 valence electrons. The van der Waals surface area contributed by atoms with Gasteiger partial charge in [0.2, 0.25) is 11.8 Å². The smallest absolute Gasteiger partial charge is 0.239 e. The van der Waals surface area contributed by atoms with Crippen molar-refractivity contribution in [2.45, 2.75) is 39.8 Å². The topological polar surface area (TPSA) is 71.5 Å². The van der Waals surface area contributed by atoms with E-state index in [0.29, 0.717) is 29.6 Å². The summed E-state index contributed by atoms with van der Waals surface area (Å²) in [6, 6.07) is 7.16. The van der Waals surface area contributed by atoms with E-state index in [1.165, 1.54) is 16.2 Å². The van der Waals surface area contributed by atoms with Crippen LogP contribution < -0.4 is 10.1 Å². The molecule has 0 aliphatic carbocycles. The molecule has 1 heterocycles. The zero-order valence-corrected chi connectivity index (χ0v) is 17.3. The number of carbonyl (C=O) groups excluding carboxylic acids is 2. The van der Waals surface area contributed by atoms with Gasteiger partial charge in [-0.15, -0.1) is 11.3 Å². The molecule has 0 radical (unpaired) electrons. The number of carbonyl (C=O) groups is 2. The number of amides is 2. The third kappa shape index (κ3) is 7.19. The Morgan fingerprint density at radius 2 is 2.00 bits per heavy atom. The third-order valence-corrected chi connectivity index (χ3v) is 4.75. The van der Waals surface area contributed by atoms with Crippen LogP contribution in [0.3, 0.4) is 0 Å². The average Bonchev–Trinajstić information content (AvgIpc) is 3.05. The molecule has 0 spiro atoms. The van der Waals surface area contributed by atoms with E-state index in [1.54, 1.807) is 24.3 Å². The van der Waals surface area contributed by atoms with Crippen molar-refractivity contribution in [1.29, 1.82) is 0 Å². The van der Waals surface area contributed by atoms with Gasteiger partial charge in [-0.3, -0.25) is 9.59 Å². The molecule has 1 aromatic heterocycles. The van der Waals surface area contributed by atoms with Gasteiger partial charge in [0.25, 0.3) is 0 Å². The molecule has 0 aliphatic heterocycles. The lowest BCUT2D eigenvalue weighted by Crippen LogP contribution is -2.43. The van der Waals surface area contributed by atoms with Crippen LogP contribution in [0.5, 0.6) is 5.75 Å². The van der Waals surface area contributed by atoms with Gasteiger partial charge >= 0.3 is 0 Å². The Morgan fingerprint density at radius 1 is 1.30 bits per heavy atom. The molecule has 27 heavy (non-hydrogen) atoms. The number of halogens is 1. The van der Waals surface area contributed by atoms with Crippen LogP contribution in [0.1, 0.15) is 31.5 Å². The Morgan fingerprint density at radius 3 is 2.63 bits per heavy atom. The number of hydrogen-bond donors (Lipinski definition) is 1. The third-order valence-electron chi connectivity index (χ3n) is 3.63. The zero-order chi connectivity index (χ0) is 19.8. The summed E-state index contributed by atoms with van der Waals surface area (Å²) in [5.41, 5.74) is 0.683. The maximum absolute atomic E-state index is 12.5. The van der Waals surface area contributed by atoms with Crippen LogP contribution in [0.2, 0.25) is 5.02 Å². The van der Waals surface area contributed by atoms with Crippen LogP contribution >= 0.6 is 22.9 Å². The predicted molar refractivity (Wildman–Crippen MR) is 107 cm³/mol. The van der Waals surface area contributed by atoms with Crippen molar-refractivity contribution >= 4 is 34.8 Å². The molecule has 0 bridgehead atoms. The Balaban J connectivity index is 1.86. The van der Waals surface area contributed by atoms with Crippen LogP contribution in [0.25, 0.3) is 0 Å². The first-order chi connectivity index (χ1) is 12.9. The molecular weight excluding hydrogens is 386 g/mol. The second-order valence-electron chi connectivity index (χ2n) is 6.28. The molecule has 2 rings (SSSR count). The van der Waals surface area contributed by atoms with Crippen molar-refractivity contribution in [3.8, 4) is 5.75 Å². The highest BCUT2D eigenvalue weighted by Crippen LogP contribution is 2.18. The van der Waals surface area contributed by atoms with Gasteiger partial charge in [-0.05, 0) is 45.0 Å². The summed E-state index contributed by atoms with van der Waals surface area (Å²) in [5, 5.41) is 6.08. The van der Waals surface area contributed by atoms with Crippen molar-refractivity contribution < 1.29 is 14.3 Å². The summed E-state index contributed by atoms with van der Waals surface area (Å²) in [4.78, 5) is 30.3. The fourth-order valence-corrected chi connectivity index (χ4v) is 3.19. The van der Waals surface area contributed by atoms with Crippen LogP contribution in [-0.2, 0) is 22.6 Å². The summed E-state index contributed by atoms with van der Waals surface area (Å²) >= 11 is 7.29. The van der Waals surface area contributed by atoms with Gasteiger partial charge in [-0.2, -0.15) is 0 Å². The minimum Gasteiger partial charge on any atom is -0.486 e. The number of nitrogens with zero attached hydrogens (tertiary/aromatic N) is 2. The first kappa shape index (κ1) is 21.2. The van der Waals surface area contributed by atoms with Crippen molar-refractivity contribution in [2.75, 3.05) is 13.1 Å². The van der Waals surface area contributed by atoms with Crippen LogP contribution in [0, 0.1) is 0 Å². The molecule has 8 heteroatoms.